The summed E-state index contributed by atoms with van der Waals surface area (Å²) in [4.78, 5) is 13.5. The van der Waals surface area contributed by atoms with Crippen LogP contribution in [0.1, 0.15) is 284 Å². The number of allylic oxidation sites excluding steroid dienone is 11. The first kappa shape index (κ1) is 88.4. The zero-order valence-electron chi connectivity index (χ0n) is 60.0. The molecule has 3 aliphatic rings. The highest BCUT2D eigenvalue weighted by atomic mass is 16.8. The van der Waals surface area contributed by atoms with E-state index in [0.29, 0.717) is 6.42 Å². The van der Waals surface area contributed by atoms with Crippen molar-refractivity contribution in [2.45, 2.75) is 388 Å². The highest BCUT2D eigenvalue weighted by Crippen LogP contribution is 2.33. The molecule has 3 fully saturated rings. The number of ether oxygens (including phenoxy) is 6. The van der Waals surface area contributed by atoms with E-state index in [1.165, 1.54) is 180 Å². The first-order valence-electron chi connectivity index (χ1n) is 38.7. The molecule has 19 heteroatoms. The fourth-order valence-corrected chi connectivity index (χ4v) is 12.8. The summed E-state index contributed by atoms with van der Waals surface area (Å²) in [5.74, 6) is -0.274. The number of unbranched alkanes of at least 4 members (excludes halogenated alkanes) is 34. The quantitative estimate of drug-likeness (QED) is 0.0199. The summed E-state index contributed by atoms with van der Waals surface area (Å²) in [6.45, 7) is 1.65. The molecular weight excluding hydrogens is 1240 g/mol. The fraction of sp³-hybridized carbons (Fsp3) is 0.833. The van der Waals surface area contributed by atoms with Gasteiger partial charge in [0.2, 0.25) is 5.91 Å². The topological polar surface area (TPSA) is 307 Å². The lowest BCUT2D eigenvalue weighted by molar-refractivity contribution is -0.379. The molecule has 0 saturated carbocycles. The molecular formula is C78H139NO18. The van der Waals surface area contributed by atoms with Gasteiger partial charge in [-0.2, -0.15) is 0 Å². The molecule has 3 aliphatic heterocycles. The van der Waals surface area contributed by atoms with Crippen molar-refractivity contribution >= 4 is 5.91 Å². The third-order valence-corrected chi connectivity index (χ3v) is 19.0. The van der Waals surface area contributed by atoms with Gasteiger partial charge >= 0.3 is 0 Å². The molecule has 17 atom stereocenters. The van der Waals surface area contributed by atoms with Gasteiger partial charge in [0.05, 0.1) is 38.6 Å². The highest BCUT2D eigenvalue weighted by molar-refractivity contribution is 5.76. The second kappa shape index (κ2) is 58.7. The number of carbonyl (C=O) groups is 1. The molecule has 97 heavy (non-hydrogen) atoms. The maximum atomic E-state index is 13.5. The van der Waals surface area contributed by atoms with Crippen molar-refractivity contribution in [2.24, 2.45) is 0 Å². The Morgan fingerprint density at radius 2 is 0.711 bits per heavy atom. The van der Waals surface area contributed by atoms with Crippen molar-refractivity contribution in [3.05, 3.63) is 72.9 Å². The van der Waals surface area contributed by atoms with E-state index in [9.17, 15) is 61.0 Å². The second-order valence-corrected chi connectivity index (χ2v) is 27.4. The molecule has 19 nitrogen and oxygen atoms in total. The number of nitrogens with one attached hydrogen (secondary N) is 1. The number of amides is 1. The molecule has 0 spiro atoms. The minimum atomic E-state index is -1.98. The Labute approximate surface area is 585 Å². The van der Waals surface area contributed by atoms with Crippen LogP contribution in [0.5, 0.6) is 0 Å². The first-order valence-corrected chi connectivity index (χ1v) is 38.7. The smallest absolute Gasteiger partial charge is 0.220 e. The Morgan fingerprint density at radius 1 is 0.381 bits per heavy atom. The lowest BCUT2D eigenvalue weighted by Crippen LogP contribution is -2.66. The van der Waals surface area contributed by atoms with Gasteiger partial charge in [0.25, 0.3) is 0 Å². The zero-order chi connectivity index (χ0) is 70.4. The molecule has 564 valence electrons. The number of hydrogen-bond donors (Lipinski definition) is 12. The van der Waals surface area contributed by atoms with E-state index >= 15 is 0 Å². The van der Waals surface area contributed by atoms with E-state index in [-0.39, 0.29) is 18.9 Å². The Morgan fingerprint density at radius 3 is 1.11 bits per heavy atom. The third kappa shape index (κ3) is 39.5. The minimum Gasteiger partial charge on any atom is -0.394 e. The van der Waals surface area contributed by atoms with Gasteiger partial charge in [-0.05, 0) is 64.2 Å². The predicted molar refractivity (Wildman–Crippen MR) is 383 cm³/mol. The lowest BCUT2D eigenvalue weighted by Gasteiger charge is -2.48. The van der Waals surface area contributed by atoms with Crippen LogP contribution in [0, 0.1) is 0 Å². The Hall–Kier alpha value is -2.77. The van der Waals surface area contributed by atoms with Crippen molar-refractivity contribution in [3.63, 3.8) is 0 Å². The van der Waals surface area contributed by atoms with E-state index < -0.39 is 124 Å². The van der Waals surface area contributed by atoms with Crippen LogP contribution < -0.4 is 5.32 Å². The van der Waals surface area contributed by atoms with E-state index in [2.05, 4.69) is 79.9 Å². The van der Waals surface area contributed by atoms with Gasteiger partial charge < -0.3 is 89.9 Å². The maximum Gasteiger partial charge on any atom is 0.220 e. The number of aliphatic hydroxyl groups is 11. The molecule has 3 rings (SSSR count). The van der Waals surface area contributed by atoms with Crippen LogP contribution in [-0.4, -0.2) is 193 Å². The van der Waals surface area contributed by atoms with Crippen LogP contribution in [0.3, 0.4) is 0 Å². The molecule has 1 amide bonds. The van der Waals surface area contributed by atoms with E-state index in [1.54, 1.807) is 6.08 Å². The summed E-state index contributed by atoms with van der Waals surface area (Å²) in [5.41, 5.74) is 0. The van der Waals surface area contributed by atoms with Gasteiger partial charge in [-0.3, -0.25) is 4.79 Å². The summed E-state index contributed by atoms with van der Waals surface area (Å²) in [6, 6.07) is -0.976. The predicted octanol–water partition coefficient (Wildman–Crippen LogP) is 12.1. The van der Waals surface area contributed by atoms with Crippen LogP contribution in [0.25, 0.3) is 0 Å². The molecule has 0 aromatic carbocycles. The van der Waals surface area contributed by atoms with Crippen molar-refractivity contribution in [1.29, 1.82) is 0 Å². The maximum absolute atomic E-state index is 13.5. The molecule has 0 radical (unpaired) electrons. The third-order valence-electron chi connectivity index (χ3n) is 19.0. The summed E-state index contributed by atoms with van der Waals surface area (Å²) in [6.07, 6.45) is 48.8. The minimum absolute atomic E-state index is 0.242. The number of rotatable bonds is 60. The summed E-state index contributed by atoms with van der Waals surface area (Å²) >= 11 is 0. The van der Waals surface area contributed by atoms with Crippen molar-refractivity contribution < 1.29 is 89.4 Å². The van der Waals surface area contributed by atoms with Crippen LogP contribution in [0.15, 0.2) is 72.9 Å². The standard InChI is InChI=1S/C78H139NO18/c1-3-5-7-9-11-13-15-17-19-21-23-24-25-26-27-28-29-30-31-32-33-34-35-36-38-40-42-44-46-48-50-52-54-56-66(84)79-61(62(83)55-53-51-49-47-45-43-41-39-37-22-20-18-16-14-12-10-8-6-4-2)60-92-76-72(90)69(87)74(64(58-81)94-76)97-78-73(91)70(88)75(65(59-82)95-78)96-77-71(89)68(86)67(85)63(57-80)93-77/h5,7,11,13,17,19,23-24,26-27,53,55,61-65,67-78,80-83,85-91H,3-4,6,8-10,12,14-16,18,20-22,25,28-52,54,56-60H2,1-2H3,(H,79,84)/b7-5-,13-11-,19-17-,24-23-,27-26-,55-53+. The Kier molecular flexibility index (Phi) is 53.5. The zero-order valence-corrected chi connectivity index (χ0v) is 60.0. The van der Waals surface area contributed by atoms with Gasteiger partial charge in [-0.25, -0.2) is 0 Å². The Balaban J connectivity index is 1.37. The number of carbonyl (C=O) groups excluding carboxylic acids is 1. The monoisotopic (exact) mass is 1380 g/mol. The van der Waals surface area contributed by atoms with E-state index in [1.807, 2.05) is 6.08 Å². The molecule has 0 aromatic rings. The first-order chi connectivity index (χ1) is 47.3. The lowest BCUT2D eigenvalue weighted by atomic mass is 9.96. The molecule has 3 saturated heterocycles. The summed E-state index contributed by atoms with van der Waals surface area (Å²) < 4.78 is 34.4. The highest BCUT2D eigenvalue weighted by Gasteiger charge is 2.53. The van der Waals surface area contributed by atoms with Crippen LogP contribution in [0.4, 0.5) is 0 Å². The van der Waals surface area contributed by atoms with Crippen molar-refractivity contribution in [2.75, 3.05) is 26.4 Å². The van der Waals surface area contributed by atoms with Gasteiger partial charge in [0, 0.05) is 6.42 Å². The second-order valence-electron chi connectivity index (χ2n) is 27.4. The molecule has 0 aromatic heterocycles. The van der Waals surface area contributed by atoms with Crippen molar-refractivity contribution in [3.8, 4) is 0 Å². The van der Waals surface area contributed by atoms with Crippen LogP contribution >= 0.6 is 0 Å². The van der Waals surface area contributed by atoms with E-state index in [4.69, 9.17) is 28.4 Å². The molecule has 0 bridgehead atoms. The van der Waals surface area contributed by atoms with Gasteiger partial charge in [-0.15, -0.1) is 0 Å². The largest absolute Gasteiger partial charge is 0.394 e. The SMILES string of the molecule is CC/C=C\C/C=C\C/C=C\C/C=C\C/C=C\CCCCCCCCCCCCCCCCCCCC(=O)NC(COC1OC(CO)C(OC2OC(CO)C(OC3OC(CO)C(O)C(O)C3O)C(O)C2O)C(O)C1O)C(O)/C=C/CCCCCCCCCCCCCCCCCCC. The number of hydrogen-bond acceptors (Lipinski definition) is 18. The average Bonchev–Trinajstić information content (AvgIpc) is 0.845. The van der Waals surface area contributed by atoms with Crippen LogP contribution in [0.2, 0.25) is 0 Å². The van der Waals surface area contributed by atoms with Gasteiger partial charge in [-0.1, -0.05) is 286 Å². The molecule has 12 N–H and O–H groups in total. The molecule has 3 heterocycles. The summed E-state index contributed by atoms with van der Waals surface area (Å²) in [7, 11) is 0. The molecule has 0 aliphatic carbocycles. The average molecular weight is 1380 g/mol. The van der Waals surface area contributed by atoms with E-state index in [0.717, 1.165) is 77.0 Å². The fourth-order valence-electron chi connectivity index (χ4n) is 12.8. The molecule has 17 unspecified atom stereocenters. The normalized spacial score (nSPS) is 27.3. The summed E-state index contributed by atoms with van der Waals surface area (Å²) in [5, 5.41) is 121. The van der Waals surface area contributed by atoms with Crippen molar-refractivity contribution in [1.82, 2.24) is 5.32 Å². The Bertz CT molecular complexity index is 2040. The van der Waals surface area contributed by atoms with Gasteiger partial charge in [0.1, 0.15) is 73.2 Å². The van der Waals surface area contributed by atoms with Gasteiger partial charge in [0.15, 0.2) is 18.9 Å². The number of aliphatic hydroxyl groups excluding tert-OH is 11. The van der Waals surface area contributed by atoms with Crippen LogP contribution in [-0.2, 0) is 33.2 Å².